The van der Waals surface area contributed by atoms with Gasteiger partial charge in [0.2, 0.25) is 0 Å². The molecule has 0 saturated carbocycles. The number of H-pyrrole nitrogens is 1. The third-order valence-corrected chi connectivity index (χ3v) is 2.66. The number of aromatic nitrogens is 3. The van der Waals surface area contributed by atoms with Gasteiger partial charge in [0.15, 0.2) is 5.13 Å². The summed E-state index contributed by atoms with van der Waals surface area (Å²) in [7, 11) is 1.36. The number of hydrogen-bond donors (Lipinski definition) is 2. The van der Waals surface area contributed by atoms with Crippen molar-refractivity contribution in [2.24, 2.45) is 0 Å². The number of rotatable bonds is 4. The van der Waals surface area contributed by atoms with E-state index in [9.17, 15) is 4.79 Å². The van der Waals surface area contributed by atoms with Crippen molar-refractivity contribution in [2.45, 2.75) is 6.42 Å². The molecule has 2 rings (SSSR count). The maximum absolute atomic E-state index is 11.0. The molecule has 6 nitrogen and oxygen atoms in total. The number of nitrogens with zero attached hydrogens (tertiary/aromatic N) is 2. The largest absolute Gasteiger partial charge is 0.469 e. The molecule has 0 radical (unpaired) electrons. The third kappa shape index (κ3) is 2.57. The van der Waals surface area contributed by atoms with Crippen LogP contribution in [-0.4, -0.2) is 28.3 Å². The van der Waals surface area contributed by atoms with Gasteiger partial charge in [-0.25, -0.2) is 4.98 Å². The van der Waals surface area contributed by atoms with Crippen LogP contribution in [-0.2, 0) is 16.0 Å². The van der Waals surface area contributed by atoms with Crippen molar-refractivity contribution in [3.05, 3.63) is 23.5 Å². The lowest BCUT2D eigenvalue weighted by Crippen LogP contribution is -2.04. The van der Waals surface area contributed by atoms with E-state index in [0.29, 0.717) is 5.69 Å². The summed E-state index contributed by atoms with van der Waals surface area (Å²) >= 11 is 1.43. The Hall–Kier alpha value is -1.89. The van der Waals surface area contributed by atoms with Crippen LogP contribution in [0.15, 0.2) is 17.8 Å². The number of methoxy groups -OCH3 is 1. The van der Waals surface area contributed by atoms with E-state index in [-0.39, 0.29) is 12.4 Å². The van der Waals surface area contributed by atoms with E-state index in [4.69, 9.17) is 0 Å². The Bertz CT molecular complexity index is 466. The van der Waals surface area contributed by atoms with Crippen molar-refractivity contribution in [3.8, 4) is 0 Å². The molecule has 2 N–H and O–H groups in total. The summed E-state index contributed by atoms with van der Waals surface area (Å²) in [5, 5.41) is 12.1. The molecular formula is C9H10N4O2S. The number of aromatic amines is 1. The highest BCUT2D eigenvalue weighted by Gasteiger charge is 2.07. The summed E-state index contributed by atoms with van der Waals surface area (Å²) in [6.07, 6.45) is 3.57. The minimum atomic E-state index is -0.292. The van der Waals surface area contributed by atoms with Gasteiger partial charge in [-0.15, -0.1) is 11.3 Å². The molecule has 0 saturated heterocycles. The number of thiazole rings is 1. The summed E-state index contributed by atoms with van der Waals surface area (Å²) in [6, 6.07) is 0. The minimum absolute atomic E-state index is 0.195. The van der Waals surface area contributed by atoms with Crippen LogP contribution in [0.3, 0.4) is 0 Å². The zero-order valence-electron chi connectivity index (χ0n) is 8.56. The first-order valence-electron chi connectivity index (χ1n) is 4.55. The van der Waals surface area contributed by atoms with Crippen LogP contribution in [0.5, 0.6) is 0 Å². The highest BCUT2D eigenvalue weighted by molar-refractivity contribution is 7.13. The van der Waals surface area contributed by atoms with Crippen LogP contribution in [0.25, 0.3) is 0 Å². The maximum atomic E-state index is 11.0. The van der Waals surface area contributed by atoms with E-state index in [1.54, 1.807) is 12.4 Å². The topological polar surface area (TPSA) is 79.9 Å². The molecule has 2 aromatic rings. The number of anilines is 2. The van der Waals surface area contributed by atoms with Gasteiger partial charge >= 0.3 is 5.97 Å². The Balaban J connectivity index is 1.99. The van der Waals surface area contributed by atoms with Gasteiger partial charge in [-0.1, -0.05) is 0 Å². The van der Waals surface area contributed by atoms with Crippen LogP contribution in [0.2, 0.25) is 0 Å². The zero-order valence-corrected chi connectivity index (χ0v) is 9.37. The SMILES string of the molecule is COC(=O)Cc1csc(Nc2cn[nH]c2)n1. The molecule has 0 spiro atoms. The average Bonchev–Trinajstić information content (AvgIpc) is 2.91. The molecule has 0 amide bonds. The molecule has 0 fully saturated rings. The molecule has 84 valence electrons. The molecule has 2 aromatic heterocycles. The smallest absolute Gasteiger partial charge is 0.311 e. The van der Waals surface area contributed by atoms with Crippen LogP contribution < -0.4 is 5.32 Å². The summed E-state index contributed by atoms with van der Waals surface area (Å²) in [5.74, 6) is -0.292. The lowest BCUT2D eigenvalue weighted by Gasteiger charge is -1.96. The minimum Gasteiger partial charge on any atom is -0.469 e. The maximum Gasteiger partial charge on any atom is 0.311 e. The Morgan fingerprint density at radius 3 is 3.25 bits per heavy atom. The number of esters is 1. The van der Waals surface area contributed by atoms with E-state index >= 15 is 0 Å². The molecule has 0 atom stereocenters. The number of nitrogens with one attached hydrogen (secondary N) is 2. The van der Waals surface area contributed by atoms with Gasteiger partial charge in [0, 0.05) is 11.6 Å². The Morgan fingerprint density at radius 2 is 2.56 bits per heavy atom. The highest BCUT2D eigenvalue weighted by atomic mass is 32.1. The molecule has 0 aliphatic carbocycles. The highest BCUT2D eigenvalue weighted by Crippen LogP contribution is 2.20. The normalized spacial score (nSPS) is 10.1. The molecule has 0 aliphatic rings. The lowest BCUT2D eigenvalue weighted by atomic mass is 10.3. The summed E-state index contributed by atoms with van der Waals surface area (Å²) < 4.78 is 4.56. The molecule has 16 heavy (non-hydrogen) atoms. The fraction of sp³-hybridized carbons (Fsp3) is 0.222. The molecule has 7 heteroatoms. The molecule has 2 heterocycles. The molecule has 0 bridgehead atoms. The first-order valence-corrected chi connectivity index (χ1v) is 5.43. The lowest BCUT2D eigenvalue weighted by molar-refractivity contribution is -0.139. The number of carbonyl (C=O) groups excluding carboxylic acids is 1. The number of ether oxygens (including phenoxy) is 1. The fourth-order valence-electron chi connectivity index (χ4n) is 1.11. The van der Waals surface area contributed by atoms with Gasteiger partial charge in [0.25, 0.3) is 0 Å². The van der Waals surface area contributed by atoms with Crippen LogP contribution >= 0.6 is 11.3 Å². The quantitative estimate of drug-likeness (QED) is 0.785. The molecular weight excluding hydrogens is 228 g/mol. The van der Waals surface area contributed by atoms with Gasteiger partial charge < -0.3 is 10.1 Å². The van der Waals surface area contributed by atoms with E-state index in [1.807, 2.05) is 5.38 Å². The first-order chi connectivity index (χ1) is 7.78. The van der Waals surface area contributed by atoms with E-state index in [0.717, 1.165) is 10.8 Å². The fourth-order valence-corrected chi connectivity index (χ4v) is 1.84. The van der Waals surface area contributed by atoms with Gasteiger partial charge in [0.05, 0.1) is 31.1 Å². The van der Waals surface area contributed by atoms with Crippen molar-refractivity contribution in [2.75, 3.05) is 12.4 Å². The number of carbonyl (C=O) groups is 1. The second-order valence-electron chi connectivity index (χ2n) is 3.01. The van der Waals surface area contributed by atoms with Crippen LogP contribution in [0.4, 0.5) is 10.8 Å². The first kappa shape index (κ1) is 10.6. The second-order valence-corrected chi connectivity index (χ2v) is 3.87. The Kier molecular flexibility index (Phi) is 3.16. The monoisotopic (exact) mass is 238 g/mol. The van der Waals surface area contributed by atoms with Crippen molar-refractivity contribution in [1.29, 1.82) is 0 Å². The average molecular weight is 238 g/mol. The van der Waals surface area contributed by atoms with Crippen LogP contribution in [0, 0.1) is 0 Å². The van der Waals surface area contributed by atoms with Gasteiger partial charge in [-0.05, 0) is 0 Å². The van der Waals surface area contributed by atoms with Crippen molar-refractivity contribution in [3.63, 3.8) is 0 Å². The standard InChI is InChI=1S/C9H10N4O2S/c1-15-8(14)2-6-5-16-9(12-6)13-7-3-10-11-4-7/h3-5H,2H2,1H3,(H,10,11)(H,12,13). The Labute approximate surface area is 95.7 Å². The second kappa shape index (κ2) is 4.75. The van der Waals surface area contributed by atoms with E-state index < -0.39 is 0 Å². The summed E-state index contributed by atoms with van der Waals surface area (Å²) in [4.78, 5) is 15.3. The van der Waals surface area contributed by atoms with Crippen molar-refractivity contribution >= 4 is 28.1 Å². The zero-order chi connectivity index (χ0) is 11.4. The van der Waals surface area contributed by atoms with Crippen LogP contribution in [0.1, 0.15) is 5.69 Å². The van der Waals surface area contributed by atoms with Crippen molar-refractivity contribution in [1.82, 2.24) is 15.2 Å². The van der Waals surface area contributed by atoms with Gasteiger partial charge in [-0.3, -0.25) is 9.89 Å². The molecule has 0 aromatic carbocycles. The molecule has 0 unspecified atom stereocenters. The number of hydrogen-bond acceptors (Lipinski definition) is 6. The van der Waals surface area contributed by atoms with Gasteiger partial charge in [-0.2, -0.15) is 5.10 Å². The predicted molar refractivity (Wildman–Crippen MR) is 59.7 cm³/mol. The Morgan fingerprint density at radius 1 is 1.69 bits per heavy atom. The predicted octanol–water partition coefficient (Wildman–Crippen LogP) is 1.33. The van der Waals surface area contributed by atoms with E-state index in [1.165, 1.54) is 18.4 Å². The summed E-state index contributed by atoms with van der Waals surface area (Å²) in [5.41, 5.74) is 1.53. The van der Waals surface area contributed by atoms with Crippen molar-refractivity contribution < 1.29 is 9.53 Å². The van der Waals surface area contributed by atoms with Gasteiger partial charge in [0.1, 0.15) is 0 Å². The molecule has 0 aliphatic heterocycles. The van der Waals surface area contributed by atoms with E-state index in [2.05, 4.69) is 25.2 Å². The summed E-state index contributed by atoms with van der Waals surface area (Å²) in [6.45, 7) is 0. The third-order valence-electron chi connectivity index (χ3n) is 1.85.